The number of hydrogen-bond acceptors (Lipinski definition) is 5. The summed E-state index contributed by atoms with van der Waals surface area (Å²) in [7, 11) is 1.58. The number of hydrogen-bond donors (Lipinski definition) is 2. The number of aromatic nitrogens is 2. The Labute approximate surface area is 152 Å². The number of anilines is 4. The monoisotopic (exact) mass is 354 g/mol. The van der Waals surface area contributed by atoms with Gasteiger partial charge in [-0.3, -0.25) is 0 Å². The first-order chi connectivity index (χ1) is 12.0. The third-order valence-corrected chi connectivity index (χ3v) is 4.01. The summed E-state index contributed by atoms with van der Waals surface area (Å²) < 4.78 is 5.16. The third-order valence-electron chi connectivity index (χ3n) is 3.72. The second-order valence-electron chi connectivity index (χ2n) is 5.68. The van der Waals surface area contributed by atoms with Crippen molar-refractivity contribution in [3.63, 3.8) is 0 Å². The van der Waals surface area contributed by atoms with E-state index >= 15 is 0 Å². The van der Waals surface area contributed by atoms with Gasteiger partial charge < -0.3 is 15.4 Å². The lowest BCUT2D eigenvalue weighted by atomic mass is 10.1. The third kappa shape index (κ3) is 4.19. The summed E-state index contributed by atoms with van der Waals surface area (Å²) in [6.45, 7) is 4.12. The zero-order valence-electron chi connectivity index (χ0n) is 14.3. The zero-order valence-corrected chi connectivity index (χ0v) is 15.1. The summed E-state index contributed by atoms with van der Waals surface area (Å²) in [5.41, 5.74) is 4.15. The van der Waals surface area contributed by atoms with E-state index in [0.717, 1.165) is 16.9 Å². The molecule has 0 amide bonds. The van der Waals surface area contributed by atoms with Gasteiger partial charge in [-0.15, -0.1) is 0 Å². The zero-order chi connectivity index (χ0) is 17.8. The van der Waals surface area contributed by atoms with Gasteiger partial charge >= 0.3 is 0 Å². The quantitative estimate of drug-likeness (QED) is 0.656. The predicted octanol–water partition coefficient (Wildman–Crippen LogP) is 5.24. The summed E-state index contributed by atoms with van der Waals surface area (Å²) in [4.78, 5) is 8.75. The van der Waals surface area contributed by atoms with E-state index in [1.807, 2.05) is 12.1 Å². The molecule has 0 aliphatic heterocycles. The van der Waals surface area contributed by atoms with Crippen LogP contribution in [0.3, 0.4) is 0 Å². The van der Waals surface area contributed by atoms with E-state index in [-0.39, 0.29) is 0 Å². The molecule has 0 fully saturated rings. The van der Waals surface area contributed by atoms with Gasteiger partial charge in [-0.25, -0.2) is 4.98 Å². The van der Waals surface area contributed by atoms with Gasteiger partial charge in [0.05, 0.1) is 12.1 Å². The molecule has 0 aliphatic rings. The summed E-state index contributed by atoms with van der Waals surface area (Å²) in [5, 5.41) is 7.00. The number of halogens is 1. The highest BCUT2D eigenvalue weighted by atomic mass is 35.5. The Balaban J connectivity index is 1.79. The van der Waals surface area contributed by atoms with Crippen LogP contribution in [0.5, 0.6) is 5.75 Å². The van der Waals surface area contributed by atoms with Crippen molar-refractivity contribution in [2.24, 2.45) is 0 Å². The van der Waals surface area contributed by atoms with Crippen LogP contribution in [0.4, 0.5) is 23.1 Å². The molecule has 2 aromatic carbocycles. The van der Waals surface area contributed by atoms with Gasteiger partial charge in [0.2, 0.25) is 5.95 Å². The molecular weight excluding hydrogens is 336 g/mol. The Morgan fingerprint density at radius 1 is 1.00 bits per heavy atom. The largest absolute Gasteiger partial charge is 0.495 e. The van der Waals surface area contributed by atoms with Crippen molar-refractivity contribution in [1.29, 1.82) is 0 Å². The topological polar surface area (TPSA) is 59.1 Å². The van der Waals surface area contributed by atoms with Crippen molar-refractivity contribution < 1.29 is 4.74 Å². The molecule has 0 saturated heterocycles. The van der Waals surface area contributed by atoms with Gasteiger partial charge in [0.1, 0.15) is 11.6 Å². The van der Waals surface area contributed by atoms with Crippen molar-refractivity contribution >= 4 is 34.7 Å². The maximum Gasteiger partial charge on any atom is 0.229 e. The van der Waals surface area contributed by atoms with Crippen LogP contribution in [0.2, 0.25) is 5.02 Å². The molecule has 0 aliphatic carbocycles. The van der Waals surface area contributed by atoms with E-state index in [4.69, 9.17) is 16.3 Å². The maximum absolute atomic E-state index is 6.15. The number of rotatable bonds is 5. The highest BCUT2D eigenvalue weighted by Crippen LogP contribution is 2.28. The first-order valence-electron chi connectivity index (χ1n) is 7.83. The van der Waals surface area contributed by atoms with Crippen molar-refractivity contribution in [2.75, 3.05) is 17.7 Å². The molecule has 3 aromatic rings. The van der Waals surface area contributed by atoms with Crippen LogP contribution in [0.25, 0.3) is 0 Å². The lowest BCUT2D eigenvalue weighted by Gasteiger charge is -2.11. The molecule has 1 heterocycles. The average molecular weight is 355 g/mol. The van der Waals surface area contributed by atoms with Crippen molar-refractivity contribution in [3.8, 4) is 5.75 Å². The molecule has 3 rings (SSSR count). The molecule has 0 unspecified atom stereocenters. The fraction of sp³-hybridized carbons (Fsp3) is 0.158. The number of nitrogens with one attached hydrogen (secondary N) is 2. The van der Waals surface area contributed by atoms with Gasteiger partial charge in [0.25, 0.3) is 0 Å². The minimum atomic E-state index is 0.483. The predicted molar refractivity (Wildman–Crippen MR) is 103 cm³/mol. The summed E-state index contributed by atoms with van der Waals surface area (Å²) >= 11 is 6.15. The lowest BCUT2D eigenvalue weighted by Crippen LogP contribution is -2.01. The first-order valence-corrected chi connectivity index (χ1v) is 8.21. The lowest BCUT2D eigenvalue weighted by molar-refractivity contribution is 0.415. The molecule has 0 spiro atoms. The Morgan fingerprint density at radius 2 is 1.84 bits per heavy atom. The van der Waals surface area contributed by atoms with Crippen molar-refractivity contribution in [2.45, 2.75) is 13.8 Å². The van der Waals surface area contributed by atoms with Crippen LogP contribution >= 0.6 is 11.6 Å². The van der Waals surface area contributed by atoms with Crippen molar-refractivity contribution in [3.05, 3.63) is 64.8 Å². The molecule has 5 nitrogen and oxygen atoms in total. The summed E-state index contributed by atoms with van der Waals surface area (Å²) in [6.07, 6.45) is 1.70. The maximum atomic E-state index is 6.15. The number of ether oxygens (including phenoxy) is 1. The Morgan fingerprint density at radius 3 is 2.60 bits per heavy atom. The molecule has 128 valence electrons. The molecule has 0 atom stereocenters. The van der Waals surface area contributed by atoms with Gasteiger partial charge in [0, 0.05) is 17.6 Å². The Kier molecular flexibility index (Phi) is 5.05. The minimum absolute atomic E-state index is 0.483. The van der Waals surface area contributed by atoms with Gasteiger partial charge in [-0.2, -0.15) is 4.98 Å². The standard InChI is InChI=1S/C19H19ClN4O/c1-12-4-5-13(2)16(10-12)23-18-8-9-21-19(24-18)22-14-6-7-17(25-3)15(20)11-14/h4-11H,1-3H3,(H2,21,22,23,24). The number of aryl methyl sites for hydroxylation is 2. The van der Waals surface area contributed by atoms with Crippen LogP contribution < -0.4 is 15.4 Å². The highest BCUT2D eigenvalue weighted by molar-refractivity contribution is 6.32. The van der Waals surface area contributed by atoms with E-state index in [1.165, 1.54) is 5.56 Å². The van der Waals surface area contributed by atoms with Crippen molar-refractivity contribution in [1.82, 2.24) is 9.97 Å². The fourth-order valence-corrected chi connectivity index (χ4v) is 2.63. The first kappa shape index (κ1) is 17.0. The van der Waals surface area contributed by atoms with Crippen LogP contribution in [0, 0.1) is 13.8 Å². The average Bonchev–Trinajstić information content (AvgIpc) is 2.59. The number of methoxy groups -OCH3 is 1. The molecule has 2 N–H and O–H groups in total. The fourth-order valence-electron chi connectivity index (χ4n) is 2.37. The van der Waals surface area contributed by atoms with E-state index in [2.05, 4.69) is 52.6 Å². The second-order valence-corrected chi connectivity index (χ2v) is 6.09. The summed E-state index contributed by atoms with van der Waals surface area (Å²) in [6, 6.07) is 13.5. The number of nitrogens with zero attached hydrogens (tertiary/aromatic N) is 2. The normalized spacial score (nSPS) is 10.4. The van der Waals surface area contributed by atoms with Crippen LogP contribution in [0.15, 0.2) is 48.7 Å². The molecule has 6 heteroatoms. The second kappa shape index (κ2) is 7.40. The number of benzene rings is 2. The Hall–Kier alpha value is -2.79. The van der Waals surface area contributed by atoms with Crippen LogP contribution in [-0.4, -0.2) is 17.1 Å². The van der Waals surface area contributed by atoms with Gasteiger partial charge in [0.15, 0.2) is 0 Å². The minimum Gasteiger partial charge on any atom is -0.495 e. The van der Waals surface area contributed by atoms with Gasteiger partial charge in [-0.05, 0) is 55.3 Å². The van der Waals surface area contributed by atoms with Crippen LogP contribution in [-0.2, 0) is 0 Å². The Bertz CT molecular complexity index is 898. The highest BCUT2D eigenvalue weighted by Gasteiger charge is 2.05. The van der Waals surface area contributed by atoms with E-state index in [9.17, 15) is 0 Å². The van der Waals surface area contributed by atoms with E-state index < -0.39 is 0 Å². The van der Waals surface area contributed by atoms with Crippen LogP contribution in [0.1, 0.15) is 11.1 Å². The van der Waals surface area contributed by atoms with E-state index in [0.29, 0.717) is 22.5 Å². The molecule has 1 aromatic heterocycles. The molecule has 0 saturated carbocycles. The molecule has 0 radical (unpaired) electrons. The molecule has 0 bridgehead atoms. The van der Waals surface area contributed by atoms with Gasteiger partial charge in [-0.1, -0.05) is 23.7 Å². The summed E-state index contributed by atoms with van der Waals surface area (Å²) in [5.74, 6) is 1.82. The SMILES string of the molecule is COc1ccc(Nc2nccc(Nc3cc(C)ccc3C)n2)cc1Cl. The molecule has 25 heavy (non-hydrogen) atoms. The smallest absolute Gasteiger partial charge is 0.229 e. The molecular formula is C19H19ClN4O. The van der Waals surface area contributed by atoms with E-state index in [1.54, 1.807) is 25.4 Å².